The first kappa shape index (κ1) is 13.6. The second-order valence-electron chi connectivity index (χ2n) is 4.65. The third-order valence-electron chi connectivity index (χ3n) is 3.19. The van der Waals surface area contributed by atoms with Crippen LogP contribution in [-0.2, 0) is 6.54 Å². The fourth-order valence-corrected chi connectivity index (χ4v) is 2.01. The van der Waals surface area contributed by atoms with Crippen LogP contribution >= 0.6 is 0 Å². The molecule has 3 nitrogen and oxygen atoms in total. The molecule has 0 radical (unpaired) electrons. The number of methoxy groups -OCH3 is 1. The minimum absolute atomic E-state index is 0.234. The molecule has 1 N–H and O–H groups in total. The third kappa shape index (κ3) is 3.55. The van der Waals surface area contributed by atoms with Crippen molar-refractivity contribution in [2.24, 2.45) is 0 Å². The molecule has 0 saturated heterocycles. The third-order valence-corrected chi connectivity index (χ3v) is 3.19. The summed E-state index contributed by atoms with van der Waals surface area (Å²) in [6.07, 6.45) is 1.91. The number of nitrogens with zero attached hydrogens (tertiary/aromatic N) is 1. The number of hydrogen-bond donors (Lipinski definition) is 1. The Kier molecular flexibility index (Phi) is 4.53. The molecule has 0 unspecified atom stereocenters. The average molecular weight is 256 g/mol. The number of benzene rings is 1. The highest BCUT2D eigenvalue weighted by molar-refractivity contribution is 5.35. The van der Waals surface area contributed by atoms with Crippen molar-refractivity contribution in [3.8, 4) is 5.75 Å². The second-order valence-corrected chi connectivity index (χ2v) is 4.65. The summed E-state index contributed by atoms with van der Waals surface area (Å²) in [6, 6.07) is 12.5. The molecule has 1 atom stereocenters. The number of ether oxygens (including phenoxy) is 1. The van der Waals surface area contributed by atoms with Crippen LogP contribution in [0.25, 0.3) is 0 Å². The lowest BCUT2D eigenvalue weighted by molar-refractivity contribution is 0.401. The average Bonchev–Trinajstić information content (AvgIpc) is 2.46. The van der Waals surface area contributed by atoms with Gasteiger partial charge in [0.25, 0.3) is 0 Å². The van der Waals surface area contributed by atoms with Crippen LogP contribution in [0.4, 0.5) is 0 Å². The van der Waals surface area contributed by atoms with E-state index in [2.05, 4.69) is 29.4 Å². The van der Waals surface area contributed by atoms with Gasteiger partial charge in [-0.3, -0.25) is 4.98 Å². The van der Waals surface area contributed by atoms with E-state index >= 15 is 0 Å². The lowest BCUT2D eigenvalue weighted by atomic mass is 10.1. The summed E-state index contributed by atoms with van der Waals surface area (Å²) in [5.74, 6) is 0.921. The van der Waals surface area contributed by atoms with Gasteiger partial charge in [-0.15, -0.1) is 0 Å². The molecule has 1 heterocycles. The topological polar surface area (TPSA) is 34.1 Å². The Labute approximate surface area is 114 Å². The standard InChI is InChI=1S/C16H20N2O/c1-12-8-9-14(10-17-12)11-18-13(2)15-6-4-5-7-16(15)19-3/h4-10,13,18H,11H2,1-3H3/t13-/m1/s1. The largest absolute Gasteiger partial charge is 0.496 e. The first-order chi connectivity index (χ1) is 9.20. The molecule has 100 valence electrons. The summed E-state index contributed by atoms with van der Waals surface area (Å²) in [5.41, 5.74) is 3.40. The van der Waals surface area contributed by atoms with Crippen molar-refractivity contribution in [2.45, 2.75) is 26.4 Å². The van der Waals surface area contributed by atoms with Gasteiger partial charge in [-0.2, -0.15) is 0 Å². The summed E-state index contributed by atoms with van der Waals surface area (Å²) in [6.45, 7) is 4.93. The van der Waals surface area contributed by atoms with Crippen LogP contribution in [0, 0.1) is 6.92 Å². The fraction of sp³-hybridized carbons (Fsp3) is 0.312. The Balaban J connectivity index is 2.01. The summed E-state index contributed by atoms with van der Waals surface area (Å²) >= 11 is 0. The van der Waals surface area contributed by atoms with E-state index in [1.165, 1.54) is 11.1 Å². The summed E-state index contributed by atoms with van der Waals surface area (Å²) in [4.78, 5) is 4.30. The Morgan fingerprint density at radius 2 is 2.00 bits per heavy atom. The molecule has 1 aromatic carbocycles. The van der Waals surface area contributed by atoms with Crippen LogP contribution in [0.3, 0.4) is 0 Å². The lowest BCUT2D eigenvalue weighted by Gasteiger charge is -2.17. The highest BCUT2D eigenvalue weighted by Gasteiger charge is 2.09. The molecule has 1 aromatic heterocycles. The van der Waals surface area contributed by atoms with Crippen molar-refractivity contribution in [1.29, 1.82) is 0 Å². The maximum atomic E-state index is 5.38. The van der Waals surface area contributed by atoms with Gasteiger partial charge in [0.15, 0.2) is 0 Å². The molecule has 0 aliphatic carbocycles. The molecule has 2 rings (SSSR count). The normalized spacial score (nSPS) is 12.2. The number of para-hydroxylation sites is 1. The van der Waals surface area contributed by atoms with Gasteiger partial charge in [0, 0.05) is 30.0 Å². The monoisotopic (exact) mass is 256 g/mol. The highest BCUT2D eigenvalue weighted by atomic mass is 16.5. The molecule has 0 amide bonds. The number of aromatic nitrogens is 1. The summed E-state index contributed by atoms with van der Waals surface area (Å²) < 4.78 is 5.38. The van der Waals surface area contributed by atoms with Crippen molar-refractivity contribution in [2.75, 3.05) is 7.11 Å². The van der Waals surface area contributed by atoms with Crippen molar-refractivity contribution < 1.29 is 4.74 Å². The van der Waals surface area contributed by atoms with Crippen LogP contribution in [-0.4, -0.2) is 12.1 Å². The van der Waals surface area contributed by atoms with E-state index in [4.69, 9.17) is 4.74 Å². The van der Waals surface area contributed by atoms with Gasteiger partial charge in [0.1, 0.15) is 5.75 Å². The first-order valence-electron chi connectivity index (χ1n) is 6.48. The van der Waals surface area contributed by atoms with E-state index in [0.29, 0.717) is 0 Å². The molecule has 0 fully saturated rings. The van der Waals surface area contributed by atoms with Gasteiger partial charge in [0.05, 0.1) is 7.11 Å². The van der Waals surface area contributed by atoms with Gasteiger partial charge >= 0.3 is 0 Å². The molecule has 0 saturated carbocycles. The van der Waals surface area contributed by atoms with E-state index in [0.717, 1.165) is 18.0 Å². The van der Waals surface area contributed by atoms with Crippen molar-refractivity contribution in [3.05, 3.63) is 59.4 Å². The predicted molar refractivity (Wildman–Crippen MR) is 77.2 cm³/mol. The molecular formula is C16H20N2O. The minimum Gasteiger partial charge on any atom is -0.496 e. The lowest BCUT2D eigenvalue weighted by Crippen LogP contribution is -2.18. The van der Waals surface area contributed by atoms with Gasteiger partial charge in [-0.05, 0) is 31.5 Å². The number of rotatable bonds is 5. The zero-order chi connectivity index (χ0) is 13.7. The van der Waals surface area contributed by atoms with E-state index in [9.17, 15) is 0 Å². The van der Waals surface area contributed by atoms with Gasteiger partial charge in [-0.1, -0.05) is 24.3 Å². The van der Waals surface area contributed by atoms with Crippen molar-refractivity contribution in [1.82, 2.24) is 10.3 Å². The number of nitrogens with one attached hydrogen (secondary N) is 1. The van der Waals surface area contributed by atoms with E-state index < -0.39 is 0 Å². The Morgan fingerprint density at radius 3 is 2.68 bits per heavy atom. The summed E-state index contributed by atoms with van der Waals surface area (Å²) in [5, 5.41) is 3.49. The molecule has 0 bridgehead atoms. The zero-order valence-electron chi connectivity index (χ0n) is 11.7. The molecular weight excluding hydrogens is 236 g/mol. The highest BCUT2D eigenvalue weighted by Crippen LogP contribution is 2.24. The maximum Gasteiger partial charge on any atom is 0.123 e. The Morgan fingerprint density at radius 1 is 1.21 bits per heavy atom. The maximum absolute atomic E-state index is 5.38. The van der Waals surface area contributed by atoms with Gasteiger partial charge in [0.2, 0.25) is 0 Å². The molecule has 0 spiro atoms. The molecule has 0 aliphatic heterocycles. The molecule has 0 aliphatic rings. The van der Waals surface area contributed by atoms with Crippen molar-refractivity contribution in [3.63, 3.8) is 0 Å². The Hall–Kier alpha value is -1.87. The van der Waals surface area contributed by atoms with E-state index in [1.54, 1.807) is 7.11 Å². The number of pyridine rings is 1. The van der Waals surface area contributed by atoms with Crippen molar-refractivity contribution >= 4 is 0 Å². The predicted octanol–water partition coefficient (Wildman–Crippen LogP) is 3.25. The molecule has 3 heteroatoms. The van der Waals surface area contributed by atoms with Gasteiger partial charge in [-0.25, -0.2) is 0 Å². The first-order valence-corrected chi connectivity index (χ1v) is 6.48. The van der Waals surface area contributed by atoms with Crippen LogP contribution in [0.15, 0.2) is 42.6 Å². The quantitative estimate of drug-likeness (QED) is 0.891. The summed E-state index contributed by atoms with van der Waals surface area (Å²) in [7, 11) is 1.70. The molecule has 19 heavy (non-hydrogen) atoms. The Bertz CT molecular complexity index is 523. The van der Waals surface area contributed by atoms with Crippen LogP contribution < -0.4 is 10.1 Å². The fourth-order valence-electron chi connectivity index (χ4n) is 2.01. The van der Waals surface area contributed by atoms with Crippen LogP contribution in [0.1, 0.15) is 29.8 Å². The molecule has 2 aromatic rings. The zero-order valence-corrected chi connectivity index (χ0v) is 11.7. The minimum atomic E-state index is 0.234. The van der Waals surface area contributed by atoms with Crippen LogP contribution in [0.2, 0.25) is 0 Å². The van der Waals surface area contributed by atoms with E-state index in [1.807, 2.05) is 37.4 Å². The van der Waals surface area contributed by atoms with Crippen LogP contribution in [0.5, 0.6) is 5.75 Å². The SMILES string of the molecule is COc1ccccc1[C@@H](C)NCc1ccc(C)nc1. The van der Waals surface area contributed by atoms with E-state index in [-0.39, 0.29) is 6.04 Å². The number of aryl methyl sites for hydroxylation is 1. The smallest absolute Gasteiger partial charge is 0.123 e. The number of hydrogen-bond acceptors (Lipinski definition) is 3. The van der Waals surface area contributed by atoms with Gasteiger partial charge < -0.3 is 10.1 Å². The second kappa shape index (κ2) is 6.34.